The van der Waals surface area contributed by atoms with Crippen LogP contribution in [-0.4, -0.2) is 40.8 Å². The molecular formula is C20H23N3O3S. The third kappa shape index (κ3) is 3.61. The highest BCUT2D eigenvalue weighted by atomic mass is 32.1. The molecular weight excluding hydrogens is 362 g/mol. The molecule has 142 valence electrons. The number of likely N-dealkylation sites (tertiary alicyclic amines) is 1. The average Bonchev–Trinajstić information content (AvgIpc) is 3.36. The molecule has 1 N–H and O–H groups in total. The Bertz CT molecular complexity index is 866. The Hall–Kier alpha value is -2.25. The second-order valence-corrected chi connectivity index (χ2v) is 8.10. The number of cyclic esters (lactones) is 1. The lowest BCUT2D eigenvalue weighted by atomic mass is 9.97. The van der Waals surface area contributed by atoms with Gasteiger partial charge in [0.15, 0.2) is 0 Å². The van der Waals surface area contributed by atoms with Crippen molar-refractivity contribution in [3.63, 3.8) is 0 Å². The van der Waals surface area contributed by atoms with E-state index in [1.807, 2.05) is 17.5 Å². The van der Waals surface area contributed by atoms with Crippen molar-refractivity contribution in [3.05, 3.63) is 46.0 Å². The second-order valence-electron chi connectivity index (χ2n) is 7.45. The number of esters is 1. The number of ether oxygens (including phenoxy) is 1. The maximum Gasteiger partial charge on any atom is 0.338 e. The van der Waals surface area contributed by atoms with Crippen molar-refractivity contribution in [1.82, 2.24) is 9.27 Å². The zero-order chi connectivity index (χ0) is 19.0. The maximum absolute atomic E-state index is 12.5. The highest BCUT2D eigenvalue weighted by Crippen LogP contribution is 2.28. The molecule has 4 rings (SSSR count). The number of fused-ring (bicyclic) bond motifs is 1. The smallest absolute Gasteiger partial charge is 0.338 e. The number of nitrogens with one attached hydrogen (secondary N) is 1. The third-order valence-corrected chi connectivity index (χ3v) is 6.29. The summed E-state index contributed by atoms with van der Waals surface area (Å²) in [6.45, 7) is 7.19. The Morgan fingerprint density at radius 2 is 2.26 bits per heavy atom. The minimum Gasteiger partial charge on any atom is -0.457 e. The fourth-order valence-corrected chi connectivity index (χ4v) is 4.51. The van der Waals surface area contributed by atoms with Crippen molar-refractivity contribution in [3.8, 4) is 0 Å². The fourth-order valence-electron chi connectivity index (χ4n) is 4.04. The lowest BCUT2D eigenvalue weighted by Crippen LogP contribution is -2.29. The number of aromatic nitrogens is 1. The first-order valence-corrected chi connectivity index (χ1v) is 10.1. The first kappa shape index (κ1) is 18.1. The molecule has 1 amide bonds. The number of nitrogens with zero attached hydrogens (tertiary/aromatic N) is 2. The van der Waals surface area contributed by atoms with E-state index >= 15 is 0 Å². The zero-order valence-electron chi connectivity index (χ0n) is 15.5. The van der Waals surface area contributed by atoms with Crippen molar-refractivity contribution in [2.24, 2.45) is 11.8 Å². The minimum absolute atomic E-state index is 0.00274. The Morgan fingerprint density at radius 1 is 1.41 bits per heavy atom. The van der Waals surface area contributed by atoms with Gasteiger partial charge in [0.05, 0.1) is 23.4 Å². The standard InChI is InChI=1S/C20H23N3O3S/c1-12-8-23(9-17(12)19(24)22-15-7-21-27-11-15)6-5-14-3-4-16-18(13(14)2)10-26-20(16)25/h3-4,7,11-12,17H,5-6,8-10H2,1-2H3,(H,22,24). The van der Waals surface area contributed by atoms with Crippen molar-refractivity contribution in [2.45, 2.75) is 26.9 Å². The lowest BCUT2D eigenvalue weighted by molar-refractivity contribution is -0.120. The molecule has 2 aliphatic rings. The van der Waals surface area contributed by atoms with Crippen LogP contribution in [0.3, 0.4) is 0 Å². The minimum atomic E-state index is -0.220. The monoisotopic (exact) mass is 385 g/mol. The summed E-state index contributed by atoms with van der Waals surface area (Å²) in [5.41, 5.74) is 4.91. The molecule has 7 heteroatoms. The van der Waals surface area contributed by atoms with E-state index in [2.05, 4.69) is 28.4 Å². The molecule has 1 fully saturated rings. The Labute approximate surface area is 162 Å². The average molecular weight is 385 g/mol. The molecule has 6 nitrogen and oxygen atoms in total. The van der Waals surface area contributed by atoms with Gasteiger partial charge in [0.25, 0.3) is 0 Å². The summed E-state index contributed by atoms with van der Waals surface area (Å²) in [5, 5.41) is 4.81. The van der Waals surface area contributed by atoms with Crippen molar-refractivity contribution >= 4 is 29.1 Å². The summed E-state index contributed by atoms with van der Waals surface area (Å²) >= 11 is 1.34. The molecule has 3 heterocycles. The molecule has 1 aromatic carbocycles. The molecule has 2 unspecified atom stereocenters. The highest BCUT2D eigenvalue weighted by Gasteiger charge is 2.34. The van der Waals surface area contributed by atoms with E-state index in [1.165, 1.54) is 17.1 Å². The number of hydrogen-bond acceptors (Lipinski definition) is 6. The van der Waals surface area contributed by atoms with Gasteiger partial charge in [0, 0.05) is 30.6 Å². The lowest BCUT2D eigenvalue weighted by Gasteiger charge is -2.17. The predicted octanol–water partition coefficient (Wildman–Crippen LogP) is 2.87. The molecule has 0 saturated carbocycles. The predicted molar refractivity (Wildman–Crippen MR) is 104 cm³/mol. The topological polar surface area (TPSA) is 71.5 Å². The van der Waals surface area contributed by atoms with Gasteiger partial charge in [-0.1, -0.05) is 13.0 Å². The first-order valence-electron chi connectivity index (χ1n) is 9.24. The van der Waals surface area contributed by atoms with E-state index in [0.717, 1.165) is 42.9 Å². The van der Waals surface area contributed by atoms with Gasteiger partial charge in [0.2, 0.25) is 5.91 Å². The first-order chi connectivity index (χ1) is 13.0. The van der Waals surface area contributed by atoms with E-state index in [9.17, 15) is 9.59 Å². The summed E-state index contributed by atoms with van der Waals surface area (Å²) in [7, 11) is 0. The van der Waals surface area contributed by atoms with Crippen molar-refractivity contribution in [2.75, 3.05) is 25.0 Å². The summed E-state index contributed by atoms with van der Waals surface area (Å²) in [4.78, 5) is 26.6. The molecule has 0 radical (unpaired) electrons. The van der Waals surface area contributed by atoms with E-state index < -0.39 is 0 Å². The molecule has 0 bridgehead atoms. The normalized spacial score (nSPS) is 21.9. The molecule has 27 heavy (non-hydrogen) atoms. The van der Waals surface area contributed by atoms with Crippen LogP contribution in [0.25, 0.3) is 0 Å². The molecule has 1 saturated heterocycles. The summed E-state index contributed by atoms with van der Waals surface area (Å²) in [6, 6.07) is 3.92. The van der Waals surface area contributed by atoms with E-state index in [4.69, 9.17) is 4.74 Å². The number of carbonyl (C=O) groups excluding carboxylic acids is 2. The second kappa shape index (κ2) is 7.40. The molecule has 2 atom stereocenters. The van der Waals surface area contributed by atoms with Gasteiger partial charge < -0.3 is 15.0 Å². The number of hydrogen-bond donors (Lipinski definition) is 1. The summed E-state index contributed by atoms with van der Waals surface area (Å²) in [5.74, 6) is 0.179. The molecule has 1 aromatic heterocycles. The van der Waals surface area contributed by atoms with Gasteiger partial charge in [-0.15, -0.1) is 0 Å². The molecule has 0 aliphatic carbocycles. The highest BCUT2D eigenvalue weighted by molar-refractivity contribution is 7.04. The van der Waals surface area contributed by atoms with E-state index in [0.29, 0.717) is 18.1 Å². The fraction of sp³-hybridized carbons (Fsp3) is 0.450. The van der Waals surface area contributed by atoms with Crippen molar-refractivity contribution < 1.29 is 14.3 Å². The van der Waals surface area contributed by atoms with Gasteiger partial charge in [-0.2, -0.15) is 4.37 Å². The number of anilines is 1. The van der Waals surface area contributed by atoms with Gasteiger partial charge in [-0.05, 0) is 48.0 Å². The van der Waals surface area contributed by atoms with E-state index in [-0.39, 0.29) is 17.8 Å². The maximum atomic E-state index is 12.5. The van der Waals surface area contributed by atoms with Crippen LogP contribution >= 0.6 is 11.5 Å². The SMILES string of the molecule is Cc1c(CCN2CC(C)C(C(=O)Nc3cnsc3)C2)ccc2c1COC2=O. The van der Waals surface area contributed by atoms with E-state index in [1.54, 1.807) is 6.20 Å². The number of carbonyl (C=O) groups is 2. The van der Waals surface area contributed by atoms with Gasteiger partial charge >= 0.3 is 5.97 Å². The number of amides is 1. The van der Waals surface area contributed by atoms with Crippen LogP contribution in [0.2, 0.25) is 0 Å². The van der Waals surface area contributed by atoms with Crippen LogP contribution in [0.1, 0.15) is 34.0 Å². The molecule has 2 aromatic rings. The Kier molecular flexibility index (Phi) is 4.97. The van der Waals surface area contributed by atoms with Crippen LogP contribution in [0.4, 0.5) is 5.69 Å². The quantitative estimate of drug-likeness (QED) is 0.802. The summed E-state index contributed by atoms with van der Waals surface area (Å²) < 4.78 is 9.16. The van der Waals surface area contributed by atoms with Gasteiger partial charge in [-0.25, -0.2) is 4.79 Å². The van der Waals surface area contributed by atoms with Crippen LogP contribution in [0.15, 0.2) is 23.7 Å². The van der Waals surface area contributed by atoms with Crippen LogP contribution in [-0.2, 0) is 22.6 Å². The Balaban J connectivity index is 1.36. The zero-order valence-corrected chi connectivity index (χ0v) is 16.3. The van der Waals surface area contributed by atoms with Crippen LogP contribution < -0.4 is 5.32 Å². The largest absolute Gasteiger partial charge is 0.457 e. The number of rotatable bonds is 5. The third-order valence-electron chi connectivity index (χ3n) is 5.70. The number of benzene rings is 1. The van der Waals surface area contributed by atoms with Crippen molar-refractivity contribution in [1.29, 1.82) is 0 Å². The molecule has 0 spiro atoms. The summed E-state index contributed by atoms with van der Waals surface area (Å²) in [6.07, 6.45) is 2.59. The van der Waals surface area contributed by atoms with Crippen LogP contribution in [0, 0.1) is 18.8 Å². The van der Waals surface area contributed by atoms with Gasteiger partial charge in [0.1, 0.15) is 6.61 Å². The Morgan fingerprint density at radius 3 is 3.04 bits per heavy atom. The molecule has 2 aliphatic heterocycles. The van der Waals surface area contributed by atoms with Crippen LogP contribution in [0.5, 0.6) is 0 Å². The van der Waals surface area contributed by atoms with Gasteiger partial charge in [-0.3, -0.25) is 4.79 Å².